The van der Waals surface area contributed by atoms with Gasteiger partial charge in [-0.05, 0) is 44.5 Å². The van der Waals surface area contributed by atoms with Crippen LogP contribution >= 0.6 is 11.6 Å². The molecule has 1 atom stereocenters. The van der Waals surface area contributed by atoms with Gasteiger partial charge in [0.2, 0.25) is 0 Å². The van der Waals surface area contributed by atoms with Crippen LogP contribution in [0.1, 0.15) is 34.9 Å². The number of benzene rings is 1. The minimum atomic E-state index is -0.273. The lowest BCUT2D eigenvalue weighted by molar-refractivity contribution is 0.305. The highest BCUT2D eigenvalue weighted by Gasteiger charge is 2.20. The largest absolute Gasteiger partial charge is 0.494 e. The predicted octanol–water partition coefficient (Wildman–Crippen LogP) is 4.33. The maximum Gasteiger partial charge on any atom is 0.138 e. The van der Waals surface area contributed by atoms with Gasteiger partial charge < -0.3 is 9.26 Å². The van der Waals surface area contributed by atoms with Crippen molar-refractivity contribution in [3.05, 3.63) is 45.8 Å². The summed E-state index contributed by atoms with van der Waals surface area (Å²) in [6, 6.07) is 7.81. The van der Waals surface area contributed by atoms with Crippen molar-refractivity contribution < 1.29 is 9.26 Å². The Morgan fingerprint density at radius 3 is 2.71 bits per heavy atom. The van der Waals surface area contributed by atoms with Gasteiger partial charge in [0.05, 0.1) is 24.3 Å². The van der Waals surface area contributed by atoms with Crippen molar-refractivity contribution in [1.82, 2.24) is 5.16 Å². The van der Waals surface area contributed by atoms with Gasteiger partial charge >= 0.3 is 0 Å². The summed E-state index contributed by atoms with van der Waals surface area (Å²) >= 11 is 5.97. The van der Waals surface area contributed by atoms with Gasteiger partial charge in [0.15, 0.2) is 0 Å². The van der Waals surface area contributed by atoms with E-state index >= 15 is 0 Å². The van der Waals surface area contributed by atoms with E-state index in [0.29, 0.717) is 23.8 Å². The van der Waals surface area contributed by atoms with Crippen LogP contribution in [-0.2, 0) is 0 Å². The van der Waals surface area contributed by atoms with E-state index in [1.54, 1.807) is 0 Å². The lowest BCUT2D eigenvalue weighted by Crippen LogP contribution is -2.06. The molecule has 0 saturated heterocycles. The van der Waals surface area contributed by atoms with E-state index in [-0.39, 0.29) is 5.92 Å². The summed E-state index contributed by atoms with van der Waals surface area (Å²) in [6.07, 6.45) is 0.584. The molecule has 110 valence electrons. The van der Waals surface area contributed by atoms with E-state index in [2.05, 4.69) is 11.2 Å². The Balaban J connectivity index is 1.98. The van der Waals surface area contributed by atoms with Gasteiger partial charge in [0.1, 0.15) is 11.5 Å². The summed E-state index contributed by atoms with van der Waals surface area (Å²) in [6.45, 7) is 6.04. The number of hydrogen-bond acceptors (Lipinski definition) is 4. The second-order valence-electron chi connectivity index (χ2n) is 4.97. The molecule has 0 fully saturated rings. The van der Waals surface area contributed by atoms with Crippen molar-refractivity contribution in [3.63, 3.8) is 0 Å². The second kappa shape index (κ2) is 6.64. The van der Waals surface area contributed by atoms with Gasteiger partial charge in [0, 0.05) is 17.0 Å². The van der Waals surface area contributed by atoms with Crippen molar-refractivity contribution in [2.45, 2.75) is 33.1 Å². The fourth-order valence-corrected chi connectivity index (χ4v) is 2.38. The van der Waals surface area contributed by atoms with E-state index in [1.165, 1.54) is 0 Å². The molecule has 21 heavy (non-hydrogen) atoms. The Kier molecular flexibility index (Phi) is 4.87. The molecule has 1 aromatic heterocycles. The third-order valence-corrected chi connectivity index (χ3v) is 3.82. The van der Waals surface area contributed by atoms with E-state index in [0.717, 1.165) is 22.6 Å². The molecule has 0 spiro atoms. The van der Waals surface area contributed by atoms with Crippen LogP contribution in [0.15, 0.2) is 22.7 Å². The van der Waals surface area contributed by atoms with Crippen LogP contribution in [0.3, 0.4) is 0 Å². The molecule has 0 aliphatic heterocycles. The van der Waals surface area contributed by atoms with E-state index < -0.39 is 0 Å². The van der Waals surface area contributed by atoms with E-state index in [9.17, 15) is 5.26 Å². The monoisotopic (exact) mass is 304 g/mol. The van der Waals surface area contributed by atoms with Gasteiger partial charge in [0.25, 0.3) is 0 Å². The van der Waals surface area contributed by atoms with Crippen LogP contribution < -0.4 is 4.74 Å². The normalized spacial score (nSPS) is 12.0. The van der Waals surface area contributed by atoms with Crippen molar-refractivity contribution in [1.29, 1.82) is 5.26 Å². The summed E-state index contributed by atoms with van der Waals surface area (Å²) in [5, 5.41) is 13.9. The first kappa shape index (κ1) is 15.4. The molecule has 4 nitrogen and oxygen atoms in total. The zero-order chi connectivity index (χ0) is 15.4. The first-order valence-electron chi connectivity index (χ1n) is 6.74. The van der Waals surface area contributed by atoms with Crippen molar-refractivity contribution in [2.24, 2.45) is 0 Å². The van der Waals surface area contributed by atoms with Gasteiger partial charge in [-0.2, -0.15) is 5.26 Å². The summed E-state index contributed by atoms with van der Waals surface area (Å²) < 4.78 is 10.8. The summed E-state index contributed by atoms with van der Waals surface area (Å²) in [5.74, 6) is 1.18. The molecule has 0 saturated carbocycles. The third-order valence-electron chi connectivity index (χ3n) is 3.40. The van der Waals surface area contributed by atoms with Crippen LogP contribution in [0, 0.1) is 32.1 Å². The molecule has 0 aliphatic rings. The fourth-order valence-electron chi connectivity index (χ4n) is 2.26. The highest BCUT2D eigenvalue weighted by atomic mass is 35.5. The molecular formula is C16H17ClN2O2. The second-order valence-corrected chi connectivity index (χ2v) is 5.37. The number of rotatable bonds is 5. The third kappa shape index (κ3) is 3.56. The molecule has 0 bridgehead atoms. The topological polar surface area (TPSA) is 59.0 Å². The summed E-state index contributed by atoms with van der Waals surface area (Å²) in [5.41, 5.74) is 2.60. The average molecular weight is 305 g/mol. The lowest BCUT2D eigenvalue weighted by atomic mass is 9.96. The fraction of sp³-hybridized carbons (Fsp3) is 0.375. The standard InChI is InChI=1S/C16H17ClN2O2/c1-10-8-14(4-5-15(10)17)20-7-6-13(9-18)16-11(2)19-21-12(16)3/h4-5,8,13H,6-7H2,1-3H3. The van der Waals surface area contributed by atoms with Crippen LogP contribution in [0.25, 0.3) is 0 Å². The first-order chi connectivity index (χ1) is 10.0. The Hall–Kier alpha value is -1.99. The first-order valence-corrected chi connectivity index (χ1v) is 7.12. The molecule has 1 unspecified atom stereocenters. The zero-order valence-electron chi connectivity index (χ0n) is 12.3. The zero-order valence-corrected chi connectivity index (χ0v) is 13.1. The predicted molar refractivity (Wildman–Crippen MR) is 80.6 cm³/mol. The van der Waals surface area contributed by atoms with Crippen molar-refractivity contribution in [2.75, 3.05) is 6.61 Å². The van der Waals surface area contributed by atoms with Gasteiger partial charge in [-0.25, -0.2) is 0 Å². The van der Waals surface area contributed by atoms with Crippen molar-refractivity contribution >= 4 is 11.6 Å². The molecule has 0 amide bonds. The van der Waals surface area contributed by atoms with Gasteiger partial charge in [-0.3, -0.25) is 0 Å². The van der Waals surface area contributed by atoms with Crippen LogP contribution in [-0.4, -0.2) is 11.8 Å². The quantitative estimate of drug-likeness (QED) is 0.825. The Labute approximate surface area is 129 Å². The highest BCUT2D eigenvalue weighted by Crippen LogP contribution is 2.26. The maximum absolute atomic E-state index is 9.33. The smallest absolute Gasteiger partial charge is 0.138 e. The number of hydrogen-bond donors (Lipinski definition) is 0. The minimum Gasteiger partial charge on any atom is -0.494 e. The lowest BCUT2D eigenvalue weighted by Gasteiger charge is -2.11. The maximum atomic E-state index is 9.33. The minimum absolute atomic E-state index is 0.273. The number of aromatic nitrogens is 1. The number of nitriles is 1. The number of nitrogens with zero attached hydrogens (tertiary/aromatic N) is 2. The molecule has 0 aliphatic carbocycles. The molecule has 0 radical (unpaired) electrons. The van der Waals surface area contributed by atoms with Crippen LogP contribution in [0.5, 0.6) is 5.75 Å². The van der Waals surface area contributed by atoms with Gasteiger partial charge in [-0.15, -0.1) is 0 Å². The number of aryl methyl sites for hydroxylation is 3. The summed E-state index contributed by atoms with van der Waals surface area (Å²) in [4.78, 5) is 0. The molecule has 2 aromatic rings. The molecule has 0 N–H and O–H groups in total. The Morgan fingerprint density at radius 1 is 1.38 bits per heavy atom. The SMILES string of the molecule is Cc1cc(OCCC(C#N)c2c(C)noc2C)ccc1Cl. The van der Waals surface area contributed by atoms with E-state index in [4.69, 9.17) is 20.9 Å². The van der Waals surface area contributed by atoms with Crippen molar-refractivity contribution in [3.8, 4) is 11.8 Å². The molecular weight excluding hydrogens is 288 g/mol. The Bertz CT molecular complexity index is 654. The van der Waals surface area contributed by atoms with Crippen LogP contribution in [0.2, 0.25) is 5.02 Å². The molecule has 2 rings (SSSR count). The average Bonchev–Trinajstić information content (AvgIpc) is 2.79. The van der Waals surface area contributed by atoms with Gasteiger partial charge in [-0.1, -0.05) is 16.8 Å². The summed E-state index contributed by atoms with van der Waals surface area (Å²) in [7, 11) is 0. The Morgan fingerprint density at radius 2 is 2.14 bits per heavy atom. The highest BCUT2D eigenvalue weighted by molar-refractivity contribution is 6.31. The molecule has 1 aromatic carbocycles. The van der Waals surface area contributed by atoms with E-state index in [1.807, 2.05) is 39.0 Å². The molecule has 1 heterocycles. The molecule has 5 heteroatoms. The number of halogens is 1. The number of ether oxygens (including phenoxy) is 1. The van der Waals surface area contributed by atoms with Crippen LogP contribution in [0.4, 0.5) is 0 Å².